The molecule has 2 rings (SSSR count). The van der Waals surface area contributed by atoms with Gasteiger partial charge in [-0.3, -0.25) is 4.79 Å². The summed E-state index contributed by atoms with van der Waals surface area (Å²) in [5.41, 5.74) is 1.88. The molecular weight excluding hydrogens is 216 g/mol. The van der Waals surface area contributed by atoms with Crippen LogP contribution >= 0.6 is 11.8 Å². The first-order chi connectivity index (χ1) is 7.77. The van der Waals surface area contributed by atoms with Crippen LogP contribution in [0.4, 0.5) is 0 Å². The lowest BCUT2D eigenvalue weighted by Crippen LogP contribution is -1.93. The monoisotopic (exact) mass is 228 g/mol. The molecule has 1 nitrogen and oxygen atoms in total. The largest absolute Gasteiger partial charge is 0.281 e. The van der Waals surface area contributed by atoms with E-state index >= 15 is 0 Å². The summed E-state index contributed by atoms with van der Waals surface area (Å²) >= 11 is 1.28. The molecule has 0 amide bonds. The third-order valence-corrected chi connectivity index (χ3v) is 3.40. The first-order valence-corrected chi connectivity index (χ1v) is 5.92. The lowest BCUT2D eigenvalue weighted by molar-refractivity contribution is 0.108. The maximum atomic E-state index is 11.9. The number of benzene rings is 2. The smallest absolute Gasteiger partial charge is 0.224 e. The van der Waals surface area contributed by atoms with Crippen LogP contribution in [0.3, 0.4) is 0 Å². The van der Waals surface area contributed by atoms with Gasteiger partial charge in [0.1, 0.15) is 0 Å². The Bertz CT molecular complexity index is 491. The van der Waals surface area contributed by atoms with Crippen molar-refractivity contribution in [2.75, 3.05) is 0 Å². The van der Waals surface area contributed by atoms with Crippen molar-refractivity contribution >= 4 is 16.9 Å². The van der Waals surface area contributed by atoms with Gasteiger partial charge in [-0.25, -0.2) is 0 Å². The molecule has 0 heterocycles. The van der Waals surface area contributed by atoms with Gasteiger partial charge in [0.2, 0.25) is 5.12 Å². The van der Waals surface area contributed by atoms with Crippen LogP contribution in [-0.2, 0) is 0 Å². The molecule has 0 N–H and O–H groups in total. The number of hydrogen-bond acceptors (Lipinski definition) is 2. The molecule has 0 saturated heterocycles. The average Bonchev–Trinajstić information content (AvgIpc) is 2.33. The number of thioether (sulfide) groups is 1. The van der Waals surface area contributed by atoms with Gasteiger partial charge >= 0.3 is 0 Å². The van der Waals surface area contributed by atoms with Gasteiger partial charge in [-0.1, -0.05) is 48.5 Å². The Morgan fingerprint density at radius 1 is 0.938 bits per heavy atom. The minimum absolute atomic E-state index is 0.0925. The molecule has 0 aliphatic carbocycles. The van der Waals surface area contributed by atoms with Crippen molar-refractivity contribution in [1.29, 1.82) is 0 Å². The molecule has 16 heavy (non-hydrogen) atoms. The van der Waals surface area contributed by atoms with Crippen LogP contribution in [0.15, 0.2) is 59.5 Å². The lowest BCUT2D eigenvalue weighted by atomic mass is 10.2. The Kier molecular flexibility index (Phi) is 3.42. The van der Waals surface area contributed by atoms with E-state index in [9.17, 15) is 4.79 Å². The molecule has 0 spiro atoms. The van der Waals surface area contributed by atoms with Crippen LogP contribution in [0.5, 0.6) is 0 Å². The second-order valence-corrected chi connectivity index (χ2v) is 4.54. The molecule has 0 aromatic heterocycles. The molecular formula is C14H12OS. The van der Waals surface area contributed by atoms with E-state index in [1.165, 1.54) is 11.8 Å². The van der Waals surface area contributed by atoms with Crippen LogP contribution in [0.25, 0.3) is 0 Å². The molecule has 2 heteroatoms. The van der Waals surface area contributed by atoms with E-state index in [0.29, 0.717) is 0 Å². The van der Waals surface area contributed by atoms with Crippen molar-refractivity contribution in [2.24, 2.45) is 0 Å². The fourth-order valence-corrected chi connectivity index (χ4v) is 2.23. The highest BCUT2D eigenvalue weighted by Crippen LogP contribution is 2.25. The Morgan fingerprint density at radius 3 is 2.25 bits per heavy atom. The maximum absolute atomic E-state index is 11.9. The molecule has 2 aromatic carbocycles. The predicted octanol–water partition coefficient (Wildman–Crippen LogP) is 3.93. The van der Waals surface area contributed by atoms with Crippen molar-refractivity contribution in [2.45, 2.75) is 11.8 Å². The number of carbonyl (C=O) groups is 1. The highest BCUT2D eigenvalue weighted by molar-refractivity contribution is 8.14. The van der Waals surface area contributed by atoms with Crippen LogP contribution in [0, 0.1) is 6.92 Å². The number of aryl methyl sites for hydroxylation is 1. The molecule has 0 radical (unpaired) electrons. The summed E-state index contributed by atoms with van der Waals surface area (Å²) in [7, 11) is 0. The van der Waals surface area contributed by atoms with E-state index in [-0.39, 0.29) is 5.12 Å². The Balaban J connectivity index is 2.18. The summed E-state index contributed by atoms with van der Waals surface area (Å²) in [5, 5.41) is 0.0925. The number of hydrogen-bond donors (Lipinski definition) is 0. The van der Waals surface area contributed by atoms with Crippen LogP contribution in [0.1, 0.15) is 15.9 Å². The summed E-state index contributed by atoms with van der Waals surface area (Å²) in [6.45, 7) is 2.01. The molecule has 80 valence electrons. The van der Waals surface area contributed by atoms with E-state index in [4.69, 9.17) is 0 Å². The topological polar surface area (TPSA) is 17.1 Å². The summed E-state index contributed by atoms with van der Waals surface area (Å²) < 4.78 is 0. The summed E-state index contributed by atoms with van der Waals surface area (Å²) in [5.74, 6) is 0. The zero-order valence-corrected chi connectivity index (χ0v) is 9.83. The van der Waals surface area contributed by atoms with E-state index in [1.807, 2.05) is 61.5 Å². The van der Waals surface area contributed by atoms with Crippen molar-refractivity contribution < 1.29 is 4.79 Å². The molecule has 2 aromatic rings. The van der Waals surface area contributed by atoms with Crippen molar-refractivity contribution in [1.82, 2.24) is 0 Å². The van der Waals surface area contributed by atoms with Gasteiger partial charge in [0, 0.05) is 10.5 Å². The SMILES string of the molecule is Cc1ccccc1SC(=O)c1ccccc1. The fraction of sp³-hybridized carbons (Fsp3) is 0.0714. The van der Waals surface area contributed by atoms with Gasteiger partial charge in [-0.15, -0.1) is 0 Å². The highest BCUT2D eigenvalue weighted by atomic mass is 32.2. The van der Waals surface area contributed by atoms with E-state index in [2.05, 4.69) is 0 Å². The quantitative estimate of drug-likeness (QED) is 0.724. The molecule has 0 fully saturated rings. The zero-order valence-electron chi connectivity index (χ0n) is 9.01. The third-order valence-electron chi connectivity index (χ3n) is 2.31. The Morgan fingerprint density at radius 2 is 1.56 bits per heavy atom. The molecule has 0 atom stereocenters. The second-order valence-electron chi connectivity index (χ2n) is 3.52. The molecule has 0 bridgehead atoms. The van der Waals surface area contributed by atoms with Crippen LogP contribution < -0.4 is 0 Å². The summed E-state index contributed by atoms with van der Waals surface area (Å²) in [6, 6.07) is 17.3. The van der Waals surface area contributed by atoms with Gasteiger partial charge in [0.15, 0.2) is 0 Å². The van der Waals surface area contributed by atoms with Gasteiger partial charge < -0.3 is 0 Å². The predicted molar refractivity (Wildman–Crippen MR) is 67.8 cm³/mol. The lowest BCUT2D eigenvalue weighted by Gasteiger charge is -2.03. The van der Waals surface area contributed by atoms with Gasteiger partial charge in [-0.05, 0) is 30.3 Å². The molecule has 0 unspecified atom stereocenters. The maximum Gasteiger partial charge on any atom is 0.224 e. The van der Waals surface area contributed by atoms with Crippen LogP contribution in [-0.4, -0.2) is 5.12 Å². The minimum atomic E-state index is 0.0925. The first-order valence-electron chi connectivity index (χ1n) is 5.10. The fourth-order valence-electron chi connectivity index (χ4n) is 1.40. The van der Waals surface area contributed by atoms with E-state index < -0.39 is 0 Å². The van der Waals surface area contributed by atoms with Gasteiger partial charge in [-0.2, -0.15) is 0 Å². The number of rotatable bonds is 2. The Hall–Kier alpha value is -1.54. The summed E-state index contributed by atoms with van der Waals surface area (Å²) in [6.07, 6.45) is 0. The van der Waals surface area contributed by atoms with Crippen molar-refractivity contribution in [3.05, 3.63) is 65.7 Å². The average molecular weight is 228 g/mol. The van der Waals surface area contributed by atoms with E-state index in [1.54, 1.807) is 0 Å². The number of carbonyl (C=O) groups excluding carboxylic acids is 1. The third kappa shape index (κ3) is 2.52. The zero-order chi connectivity index (χ0) is 11.4. The molecule has 0 aliphatic heterocycles. The van der Waals surface area contributed by atoms with Gasteiger partial charge in [0.05, 0.1) is 0 Å². The Labute approximate surface area is 99.5 Å². The second kappa shape index (κ2) is 4.99. The van der Waals surface area contributed by atoms with Crippen LogP contribution in [0.2, 0.25) is 0 Å². The highest BCUT2D eigenvalue weighted by Gasteiger charge is 2.08. The van der Waals surface area contributed by atoms with Gasteiger partial charge in [0.25, 0.3) is 0 Å². The standard InChI is InChI=1S/C14H12OS/c1-11-7-5-6-10-13(11)16-14(15)12-8-3-2-4-9-12/h2-10H,1H3. The van der Waals surface area contributed by atoms with Crippen molar-refractivity contribution in [3.8, 4) is 0 Å². The minimum Gasteiger partial charge on any atom is -0.281 e. The molecule has 0 saturated carbocycles. The van der Waals surface area contributed by atoms with Crippen molar-refractivity contribution in [3.63, 3.8) is 0 Å². The first kappa shape index (κ1) is 11.0. The normalized spacial score (nSPS) is 10.1. The van der Waals surface area contributed by atoms with E-state index in [0.717, 1.165) is 16.0 Å². The molecule has 0 aliphatic rings. The summed E-state index contributed by atoms with van der Waals surface area (Å²) in [4.78, 5) is 13.0.